The second kappa shape index (κ2) is 7.03. The summed E-state index contributed by atoms with van der Waals surface area (Å²) in [7, 11) is 2.00. The van der Waals surface area contributed by atoms with E-state index in [2.05, 4.69) is 17.9 Å². The number of hydrogen-bond acceptors (Lipinski definition) is 2. The average Bonchev–Trinajstić information content (AvgIpc) is 2.29. The van der Waals surface area contributed by atoms with Crippen LogP contribution in [0.1, 0.15) is 37.3 Å². The molecule has 0 aliphatic rings. The van der Waals surface area contributed by atoms with Gasteiger partial charge in [-0.05, 0) is 43.8 Å². The minimum Gasteiger partial charge on any atom is -0.302 e. The van der Waals surface area contributed by atoms with Gasteiger partial charge in [-0.3, -0.25) is 0 Å². The minimum atomic E-state index is -0.277. The summed E-state index contributed by atoms with van der Waals surface area (Å²) < 4.78 is 13.1. The lowest BCUT2D eigenvalue weighted by molar-refractivity contribution is 0.317. The Balaban J connectivity index is 2.61. The molecule has 0 N–H and O–H groups in total. The lowest BCUT2D eigenvalue weighted by Crippen LogP contribution is -2.19. The fourth-order valence-electron chi connectivity index (χ4n) is 1.80. The number of benzene rings is 1. The van der Waals surface area contributed by atoms with Crippen LogP contribution < -0.4 is 0 Å². The van der Waals surface area contributed by atoms with Crippen molar-refractivity contribution < 1.29 is 4.39 Å². The van der Waals surface area contributed by atoms with Crippen LogP contribution in [0, 0.1) is 17.1 Å². The molecule has 0 saturated heterocycles. The molecular weight excluding hydrogens is 215 g/mol. The van der Waals surface area contributed by atoms with Gasteiger partial charge in [0.15, 0.2) is 0 Å². The molecule has 0 radical (unpaired) electrons. The van der Waals surface area contributed by atoms with Crippen LogP contribution in [0.5, 0.6) is 0 Å². The monoisotopic (exact) mass is 234 g/mol. The van der Waals surface area contributed by atoms with Crippen LogP contribution >= 0.6 is 0 Å². The van der Waals surface area contributed by atoms with E-state index in [9.17, 15) is 4.39 Å². The van der Waals surface area contributed by atoms with E-state index in [1.54, 1.807) is 6.07 Å². The van der Waals surface area contributed by atoms with E-state index in [1.807, 2.05) is 7.05 Å². The number of nitriles is 1. The third-order valence-corrected chi connectivity index (χ3v) is 2.77. The van der Waals surface area contributed by atoms with Gasteiger partial charge in [0, 0.05) is 6.54 Å². The fourth-order valence-corrected chi connectivity index (χ4v) is 1.80. The predicted octanol–water partition coefficient (Wildman–Crippen LogP) is 3.32. The van der Waals surface area contributed by atoms with Gasteiger partial charge < -0.3 is 4.90 Å². The topological polar surface area (TPSA) is 27.0 Å². The summed E-state index contributed by atoms with van der Waals surface area (Å²) in [5.41, 5.74) is 1.33. The van der Waals surface area contributed by atoms with Gasteiger partial charge >= 0.3 is 0 Å². The second-order valence-electron chi connectivity index (χ2n) is 4.36. The summed E-state index contributed by atoms with van der Waals surface area (Å²) in [6.07, 6.45) is 3.54. The first-order valence-electron chi connectivity index (χ1n) is 6.04. The van der Waals surface area contributed by atoms with Crippen molar-refractivity contribution in [3.63, 3.8) is 0 Å². The zero-order chi connectivity index (χ0) is 12.7. The molecule has 1 rings (SSSR count). The summed E-state index contributed by atoms with van der Waals surface area (Å²) in [5.74, 6) is -0.277. The zero-order valence-corrected chi connectivity index (χ0v) is 10.5. The smallest absolute Gasteiger partial charge is 0.123 e. The molecule has 92 valence electrons. The molecule has 0 amide bonds. The second-order valence-corrected chi connectivity index (χ2v) is 4.36. The van der Waals surface area contributed by atoms with Crippen molar-refractivity contribution in [2.24, 2.45) is 0 Å². The summed E-state index contributed by atoms with van der Waals surface area (Å²) >= 11 is 0. The Morgan fingerprint density at radius 2 is 2.12 bits per heavy atom. The Morgan fingerprint density at radius 3 is 2.76 bits per heavy atom. The van der Waals surface area contributed by atoms with E-state index < -0.39 is 0 Å². The predicted molar refractivity (Wildman–Crippen MR) is 67.0 cm³/mol. The van der Waals surface area contributed by atoms with Gasteiger partial charge in [-0.1, -0.05) is 19.8 Å². The molecule has 0 saturated carbocycles. The van der Waals surface area contributed by atoms with Crippen molar-refractivity contribution in [2.75, 3.05) is 13.6 Å². The zero-order valence-electron chi connectivity index (χ0n) is 10.5. The van der Waals surface area contributed by atoms with Crippen LogP contribution in [0.25, 0.3) is 0 Å². The van der Waals surface area contributed by atoms with Gasteiger partial charge in [-0.25, -0.2) is 4.39 Å². The van der Waals surface area contributed by atoms with E-state index in [0.29, 0.717) is 12.1 Å². The molecule has 0 aliphatic heterocycles. The lowest BCUT2D eigenvalue weighted by atomic mass is 10.1. The molecule has 0 atom stereocenters. The van der Waals surface area contributed by atoms with Crippen molar-refractivity contribution in [2.45, 2.75) is 32.7 Å². The quantitative estimate of drug-likeness (QED) is 0.706. The molecule has 0 unspecified atom stereocenters. The number of halogens is 1. The highest BCUT2D eigenvalue weighted by atomic mass is 19.1. The molecule has 3 heteroatoms. The SMILES string of the molecule is CCCCCN(C)Cc1cc(F)ccc1C#N. The molecule has 0 fully saturated rings. The van der Waals surface area contributed by atoms with Gasteiger partial charge in [0.2, 0.25) is 0 Å². The van der Waals surface area contributed by atoms with E-state index in [1.165, 1.54) is 25.0 Å². The molecule has 2 nitrogen and oxygen atoms in total. The summed E-state index contributed by atoms with van der Waals surface area (Å²) in [5, 5.41) is 8.95. The van der Waals surface area contributed by atoms with Gasteiger partial charge in [-0.15, -0.1) is 0 Å². The molecule has 1 aromatic rings. The maximum Gasteiger partial charge on any atom is 0.123 e. The van der Waals surface area contributed by atoms with E-state index >= 15 is 0 Å². The first-order chi connectivity index (χ1) is 8.17. The van der Waals surface area contributed by atoms with Gasteiger partial charge in [0.05, 0.1) is 11.6 Å². The summed E-state index contributed by atoms with van der Waals surface area (Å²) in [6.45, 7) is 3.78. The maximum atomic E-state index is 13.1. The molecule has 0 aromatic heterocycles. The lowest BCUT2D eigenvalue weighted by Gasteiger charge is -2.17. The van der Waals surface area contributed by atoms with E-state index in [-0.39, 0.29) is 5.82 Å². The molecule has 17 heavy (non-hydrogen) atoms. The minimum absolute atomic E-state index is 0.277. The molecule has 0 aliphatic carbocycles. The Labute approximate surface area is 103 Å². The van der Waals surface area contributed by atoms with Crippen molar-refractivity contribution >= 4 is 0 Å². The largest absolute Gasteiger partial charge is 0.302 e. The van der Waals surface area contributed by atoms with Crippen LogP contribution in [0.15, 0.2) is 18.2 Å². The van der Waals surface area contributed by atoms with Gasteiger partial charge in [-0.2, -0.15) is 5.26 Å². The van der Waals surface area contributed by atoms with Gasteiger partial charge in [0.1, 0.15) is 5.82 Å². The van der Waals surface area contributed by atoms with Crippen molar-refractivity contribution in [3.05, 3.63) is 35.1 Å². The Bertz CT molecular complexity index is 396. The van der Waals surface area contributed by atoms with Crippen molar-refractivity contribution in [3.8, 4) is 6.07 Å². The summed E-state index contributed by atoms with van der Waals surface area (Å²) in [6, 6.07) is 6.43. The third-order valence-electron chi connectivity index (χ3n) is 2.77. The van der Waals surface area contributed by atoms with Gasteiger partial charge in [0.25, 0.3) is 0 Å². The normalized spacial score (nSPS) is 10.5. The highest BCUT2D eigenvalue weighted by molar-refractivity contribution is 5.37. The van der Waals surface area contributed by atoms with Crippen LogP contribution in [-0.4, -0.2) is 18.5 Å². The average molecular weight is 234 g/mol. The summed E-state index contributed by atoms with van der Waals surface area (Å²) in [4.78, 5) is 2.13. The maximum absolute atomic E-state index is 13.1. The number of rotatable bonds is 6. The number of unbranched alkanes of at least 4 members (excludes halogenated alkanes) is 2. The van der Waals surface area contributed by atoms with E-state index in [0.717, 1.165) is 18.5 Å². The Kier molecular flexibility index (Phi) is 5.65. The molecule has 0 spiro atoms. The van der Waals surface area contributed by atoms with Crippen LogP contribution in [0.2, 0.25) is 0 Å². The first-order valence-corrected chi connectivity index (χ1v) is 6.04. The molecular formula is C14H19FN2. The Hall–Kier alpha value is -1.40. The third kappa shape index (κ3) is 4.54. The van der Waals surface area contributed by atoms with Crippen LogP contribution in [0.4, 0.5) is 4.39 Å². The highest BCUT2D eigenvalue weighted by Gasteiger charge is 2.06. The molecule has 0 heterocycles. The fraction of sp³-hybridized carbons (Fsp3) is 0.500. The number of hydrogen-bond donors (Lipinski definition) is 0. The first kappa shape index (κ1) is 13.7. The van der Waals surface area contributed by atoms with Crippen molar-refractivity contribution in [1.82, 2.24) is 4.90 Å². The standard InChI is InChI=1S/C14H19FN2/c1-3-4-5-8-17(2)11-13-9-14(15)7-6-12(13)10-16/h6-7,9H,3-5,8,11H2,1-2H3. The van der Waals surface area contributed by atoms with Crippen LogP contribution in [-0.2, 0) is 6.54 Å². The molecule has 0 bridgehead atoms. The molecule has 1 aromatic carbocycles. The number of nitrogens with zero attached hydrogens (tertiary/aromatic N) is 2. The highest BCUT2D eigenvalue weighted by Crippen LogP contribution is 2.13. The van der Waals surface area contributed by atoms with E-state index in [4.69, 9.17) is 5.26 Å². The van der Waals surface area contributed by atoms with Crippen LogP contribution in [0.3, 0.4) is 0 Å². The van der Waals surface area contributed by atoms with Crippen molar-refractivity contribution in [1.29, 1.82) is 5.26 Å². The Morgan fingerprint density at radius 1 is 1.35 bits per heavy atom.